The van der Waals surface area contributed by atoms with Gasteiger partial charge in [-0.05, 0) is 231 Å². The van der Waals surface area contributed by atoms with Crippen molar-refractivity contribution in [1.29, 1.82) is 0 Å². The second-order valence-corrected chi connectivity index (χ2v) is 40.4. The number of hydrogen-bond donors (Lipinski definition) is 4. The summed E-state index contributed by atoms with van der Waals surface area (Å²) in [5.74, 6) is 6.05. The van der Waals surface area contributed by atoms with Gasteiger partial charge in [0.15, 0.2) is 0 Å². The Bertz CT molecular complexity index is 5440. The quantitative estimate of drug-likeness (QED) is 0.0265. The lowest BCUT2D eigenvalue weighted by atomic mass is 10.0. The highest BCUT2D eigenvalue weighted by Crippen LogP contribution is 2.46. The molecule has 0 radical (unpaired) electrons. The van der Waals surface area contributed by atoms with Crippen LogP contribution >= 0.6 is 0 Å². The standard InChI is InChI=1S/C128H170N8O8/c1-9-17-25-33-41-49-73-137-103-81-95(82-104(91-103)138-74-50-42-34-26-18-10-2)123-111-61-57-99(129-111)89-100-58-62-112(130-100)124(96-83-105(139-75-51-43-35-27-19-11-3)92-106(84-96)140-76-52-44-36-28-20-12-4)116-66-70-120(134-116)127(119-69-65-115(123)133-119)128-121-71-67-117(135-121)125(97-85-107(141-77-53-45-37-29-21-13-5)93-108(86-97)142-78-54-46-38-30-22-14-6)113-63-59-101(131-113)90-102-60-64-114(132-102)126(118-68-72-122(128)136-118)98-87-109(143-79-55-47-39-31-23-15-7)94-110(88-98)144-80-56-48-40-32-24-16-8/h57-72,81-94,129,131,134,136H,9-56,73-80H2,1-8H3. The van der Waals surface area contributed by atoms with Crippen LogP contribution in [-0.2, 0) is 0 Å². The molecule has 16 nitrogen and oxygen atoms in total. The molecule has 0 unspecified atom stereocenters. The van der Waals surface area contributed by atoms with Crippen molar-refractivity contribution in [2.75, 3.05) is 52.9 Å². The molecule has 6 aromatic heterocycles. The predicted octanol–water partition coefficient (Wildman–Crippen LogP) is 37.9. The van der Waals surface area contributed by atoms with Gasteiger partial charge < -0.3 is 57.8 Å². The van der Waals surface area contributed by atoms with E-state index in [1.165, 1.54) is 205 Å². The molecule has 4 aliphatic heterocycles. The zero-order chi connectivity index (χ0) is 99.8. The van der Waals surface area contributed by atoms with Crippen molar-refractivity contribution in [2.24, 2.45) is 0 Å². The Morgan fingerprint density at radius 1 is 0.167 bits per heavy atom. The maximum atomic E-state index is 6.92. The molecule has 16 bridgehead atoms. The lowest BCUT2D eigenvalue weighted by molar-refractivity contribution is 0.289. The van der Waals surface area contributed by atoms with E-state index in [0.29, 0.717) is 64.2 Å². The molecule has 770 valence electrons. The normalized spacial score (nSPS) is 12.1. The van der Waals surface area contributed by atoms with Gasteiger partial charge in [0.1, 0.15) is 46.0 Å². The third kappa shape index (κ3) is 33.3. The second kappa shape index (κ2) is 60.4. The van der Waals surface area contributed by atoms with Gasteiger partial charge in [-0.1, -0.05) is 312 Å². The molecule has 0 aliphatic carbocycles. The minimum absolute atomic E-state index is 0.590. The zero-order valence-electron chi connectivity index (χ0n) is 89.0. The Kier molecular flexibility index (Phi) is 45.4. The first-order chi connectivity index (χ1) is 71.1. The molecule has 0 spiro atoms. The average Bonchev–Trinajstić information content (AvgIpc) is 1.60. The fourth-order valence-corrected chi connectivity index (χ4v) is 20.1. The average molecular weight is 1950 g/mol. The van der Waals surface area contributed by atoms with Crippen LogP contribution in [0.4, 0.5) is 0 Å². The molecule has 10 aromatic rings. The molecule has 0 atom stereocenters. The number of hydrogen-bond acceptors (Lipinski definition) is 12. The molecule has 4 N–H and O–H groups in total. The zero-order valence-corrected chi connectivity index (χ0v) is 89.0. The highest BCUT2D eigenvalue weighted by molar-refractivity contribution is 6.05. The summed E-state index contributed by atoms with van der Waals surface area (Å²) in [7, 11) is 0. The van der Waals surface area contributed by atoms with Gasteiger partial charge in [0.2, 0.25) is 0 Å². The Labute approximate surface area is 862 Å². The van der Waals surface area contributed by atoms with Gasteiger partial charge >= 0.3 is 0 Å². The molecule has 0 saturated heterocycles. The highest BCUT2D eigenvalue weighted by atomic mass is 16.5. The van der Waals surface area contributed by atoms with Gasteiger partial charge in [-0.15, -0.1) is 0 Å². The van der Waals surface area contributed by atoms with Gasteiger partial charge in [-0.3, -0.25) is 0 Å². The number of nitrogens with zero attached hydrogens (tertiary/aromatic N) is 4. The smallest absolute Gasteiger partial charge is 0.123 e. The molecule has 0 fully saturated rings. The first-order valence-electron chi connectivity index (χ1n) is 57.0. The number of nitrogens with one attached hydrogen (secondary N) is 4. The van der Waals surface area contributed by atoms with Crippen LogP contribution in [0.5, 0.6) is 46.0 Å². The molecule has 16 heteroatoms. The first-order valence-corrected chi connectivity index (χ1v) is 57.0. The van der Waals surface area contributed by atoms with Crippen molar-refractivity contribution in [3.63, 3.8) is 0 Å². The maximum absolute atomic E-state index is 6.92. The molecule has 14 rings (SSSR count). The summed E-state index contributed by atoms with van der Waals surface area (Å²) in [5.41, 5.74) is 21.6. The maximum Gasteiger partial charge on any atom is 0.123 e. The molecule has 4 aromatic carbocycles. The predicted molar refractivity (Wildman–Crippen MR) is 609 cm³/mol. The molecular formula is C128H170N8O8. The SMILES string of the molecule is CCCCCCCCOc1cc(OCCCCCCCC)cc(-c2c3nc(c(-c4c5nc(c(-c6cc(OCCCCCCCC)cc(OCCCCCCCC)c6)c6ccc(cc7nc(c(-c8cc(OCCCCCCCC)cc(OCCCCCCCC)c8)c8ccc4[nH]8)C=C7)[nH]6)C=C5)c4ccc([nH]4)c(-c4cc(OCCCCCCCC)cc(OCCCCCCCC)c4)c4nc(cc5ccc2[nH]5)C=C4)C=C3)c1. The number of aromatic amines is 4. The highest BCUT2D eigenvalue weighted by Gasteiger charge is 2.26. The third-order valence-electron chi connectivity index (χ3n) is 28.2. The number of H-pyrrole nitrogens is 4. The van der Waals surface area contributed by atoms with Crippen LogP contribution in [0.3, 0.4) is 0 Å². The number of aromatic nitrogens is 8. The molecule has 0 saturated carbocycles. The van der Waals surface area contributed by atoms with Gasteiger partial charge in [-0.25, -0.2) is 19.9 Å². The Hall–Kier alpha value is -11.5. The van der Waals surface area contributed by atoms with E-state index in [-0.39, 0.29) is 0 Å². The van der Waals surface area contributed by atoms with Crippen molar-refractivity contribution < 1.29 is 37.9 Å². The Morgan fingerprint density at radius 2 is 0.340 bits per heavy atom. The fraction of sp³-hybridized carbons (Fsp3) is 0.500. The summed E-state index contributed by atoms with van der Waals surface area (Å²) < 4.78 is 55.4. The van der Waals surface area contributed by atoms with Crippen molar-refractivity contribution in [2.45, 2.75) is 364 Å². The Balaban J connectivity index is 1.07. The van der Waals surface area contributed by atoms with Crippen molar-refractivity contribution in [3.05, 3.63) is 179 Å². The van der Waals surface area contributed by atoms with Crippen LogP contribution < -0.4 is 37.9 Å². The van der Waals surface area contributed by atoms with Crippen LogP contribution in [0.2, 0.25) is 0 Å². The van der Waals surface area contributed by atoms with Gasteiger partial charge in [0.25, 0.3) is 0 Å². The second-order valence-electron chi connectivity index (χ2n) is 40.4. The van der Waals surface area contributed by atoms with Crippen LogP contribution in [0.1, 0.15) is 409 Å². The monoisotopic (exact) mass is 1950 g/mol. The van der Waals surface area contributed by atoms with Crippen molar-refractivity contribution in [1.82, 2.24) is 39.9 Å². The van der Waals surface area contributed by atoms with Crippen LogP contribution in [0.25, 0.3) is 148 Å². The number of unbranched alkanes of at least 4 members (excludes halogenated alkanes) is 40. The van der Waals surface area contributed by atoms with E-state index in [4.69, 9.17) is 57.8 Å². The summed E-state index contributed by atoms with van der Waals surface area (Å²) in [4.78, 5) is 40.0. The van der Waals surface area contributed by atoms with Crippen molar-refractivity contribution in [3.8, 4) is 102 Å². The first kappa shape index (κ1) is 108. The van der Waals surface area contributed by atoms with E-state index in [1.54, 1.807) is 0 Å². The van der Waals surface area contributed by atoms with Gasteiger partial charge in [0, 0.05) is 102 Å². The van der Waals surface area contributed by atoms with E-state index in [9.17, 15) is 0 Å². The fourth-order valence-electron chi connectivity index (χ4n) is 20.1. The van der Waals surface area contributed by atoms with Crippen LogP contribution in [0.15, 0.2) is 133 Å². The number of ether oxygens (including phenoxy) is 8. The van der Waals surface area contributed by atoms with E-state index < -0.39 is 0 Å². The molecule has 0 amide bonds. The topological polar surface area (TPSA) is 189 Å². The summed E-state index contributed by atoms with van der Waals surface area (Å²) in [6, 6.07) is 47.8. The largest absolute Gasteiger partial charge is 0.493 e. The Morgan fingerprint density at radius 3 is 0.562 bits per heavy atom. The lowest BCUT2D eigenvalue weighted by Gasteiger charge is -2.14. The molecular weight excluding hydrogens is 1780 g/mol. The lowest BCUT2D eigenvalue weighted by Crippen LogP contribution is -2.01. The van der Waals surface area contributed by atoms with Gasteiger partial charge in [0.05, 0.1) is 98.4 Å². The van der Waals surface area contributed by atoms with Gasteiger partial charge in [-0.2, -0.15) is 0 Å². The molecule has 10 heterocycles. The van der Waals surface area contributed by atoms with E-state index in [1.807, 2.05) is 0 Å². The number of rotatable bonds is 69. The van der Waals surface area contributed by atoms with Crippen molar-refractivity contribution >= 4 is 92.7 Å². The van der Waals surface area contributed by atoms with Crippen LogP contribution in [0, 0.1) is 0 Å². The summed E-state index contributed by atoms with van der Waals surface area (Å²) in [6.07, 6.45) is 72.9. The number of benzene rings is 4. The summed E-state index contributed by atoms with van der Waals surface area (Å²) >= 11 is 0. The summed E-state index contributed by atoms with van der Waals surface area (Å²) in [5, 5.41) is 0. The minimum Gasteiger partial charge on any atom is -0.493 e. The van der Waals surface area contributed by atoms with E-state index in [2.05, 4.69) is 257 Å². The molecule has 4 aliphatic rings. The van der Waals surface area contributed by atoms with E-state index in [0.717, 1.165) is 283 Å². The molecule has 144 heavy (non-hydrogen) atoms. The van der Waals surface area contributed by atoms with E-state index >= 15 is 0 Å². The van der Waals surface area contributed by atoms with Crippen LogP contribution in [-0.4, -0.2) is 92.7 Å². The number of fused-ring (bicyclic) bond motifs is 16. The third-order valence-corrected chi connectivity index (χ3v) is 28.2. The summed E-state index contributed by atoms with van der Waals surface area (Å²) in [6.45, 7) is 22.9. The minimum atomic E-state index is 0.590.